The van der Waals surface area contributed by atoms with Crippen LogP contribution in [0.1, 0.15) is 53.9 Å². The first-order chi connectivity index (χ1) is 13.0. The number of aromatic amines is 1. The largest absolute Gasteiger partial charge is 0.454 e. The van der Waals surface area contributed by atoms with E-state index in [1.54, 1.807) is 29.6 Å². The van der Waals surface area contributed by atoms with Gasteiger partial charge in [0.05, 0.1) is 11.8 Å². The number of H-pyrrole nitrogens is 1. The molecule has 2 atom stereocenters. The van der Waals surface area contributed by atoms with Crippen LogP contribution in [0.5, 0.6) is 0 Å². The van der Waals surface area contributed by atoms with Crippen molar-refractivity contribution < 1.29 is 9.53 Å². The molecule has 3 aromatic heterocycles. The lowest BCUT2D eigenvalue weighted by atomic mass is 9.89. The highest BCUT2D eigenvalue weighted by Crippen LogP contribution is 2.36. The Kier molecular flexibility index (Phi) is 5.14. The van der Waals surface area contributed by atoms with E-state index < -0.39 is 6.10 Å². The Morgan fingerprint density at radius 3 is 3.11 bits per heavy atom. The molecule has 0 aromatic carbocycles. The van der Waals surface area contributed by atoms with Crippen molar-refractivity contribution in [1.29, 1.82) is 0 Å². The summed E-state index contributed by atoms with van der Waals surface area (Å²) in [5.41, 5.74) is 1.04. The Balaban J connectivity index is 1.51. The van der Waals surface area contributed by atoms with E-state index >= 15 is 0 Å². The molecule has 3 heterocycles. The number of carbonyl (C=O) groups excluding carboxylic acids is 1. The van der Waals surface area contributed by atoms with Crippen molar-refractivity contribution in [3.63, 3.8) is 0 Å². The van der Waals surface area contributed by atoms with Crippen molar-refractivity contribution in [2.75, 3.05) is 0 Å². The standard InChI is InChI=1S/C20H22N2O3S2/c1-11-5-7-14-15(10-11)27-20-17(14)19(24)21-18(22-20)12(2)25-16(23)8-6-13-4-3-9-26-13/h3-4,9,11-12H,5-8,10H2,1-2H3,(H,21,22,24)/t11-,12-/m0/s1. The Bertz CT molecular complexity index is 1020. The zero-order valence-corrected chi connectivity index (χ0v) is 17.0. The third kappa shape index (κ3) is 3.84. The van der Waals surface area contributed by atoms with Gasteiger partial charge in [-0.3, -0.25) is 9.59 Å². The fourth-order valence-corrected chi connectivity index (χ4v) is 5.65. The molecular weight excluding hydrogens is 380 g/mol. The van der Waals surface area contributed by atoms with Gasteiger partial charge in [0.25, 0.3) is 5.56 Å². The van der Waals surface area contributed by atoms with Crippen LogP contribution in [0.15, 0.2) is 22.3 Å². The highest BCUT2D eigenvalue weighted by atomic mass is 32.1. The van der Waals surface area contributed by atoms with Crippen LogP contribution in [0.25, 0.3) is 10.2 Å². The second kappa shape index (κ2) is 7.56. The van der Waals surface area contributed by atoms with Gasteiger partial charge in [-0.05, 0) is 55.5 Å². The zero-order valence-electron chi connectivity index (χ0n) is 15.4. The van der Waals surface area contributed by atoms with Gasteiger partial charge in [-0.25, -0.2) is 4.98 Å². The van der Waals surface area contributed by atoms with Crippen LogP contribution in [-0.4, -0.2) is 15.9 Å². The first kappa shape index (κ1) is 18.4. The number of hydrogen-bond acceptors (Lipinski definition) is 6. The molecule has 0 unspecified atom stereocenters. The molecule has 1 aliphatic rings. The molecule has 0 saturated heterocycles. The first-order valence-electron chi connectivity index (χ1n) is 9.27. The molecular formula is C20H22N2O3S2. The van der Waals surface area contributed by atoms with E-state index in [2.05, 4.69) is 16.9 Å². The number of thiophene rings is 2. The maximum Gasteiger partial charge on any atom is 0.306 e. The number of aryl methyl sites for hydroxylation is 2. The van der Waals surface area contributed by atoms with Crippen molar-refractivity contribution >= 4 is 38.9 Å². The second-order valence-electron chi connectivity index (χ2n) is 7.19. The third-order valence-corrected chi connectivity index (χ3v) is 7.12. The zero-order chi connectivity index (χ0) is 19.0. The van der Waals surface area contributed by atoms with Crippen LogP contribution >= 0.6 is 22.7 Å². The summed E-state index contributed by atoms with van der Waals surface area (Å²) in [6.07, 6.45) is 3.48. The van der Waals surface area contributed by atoms with Crippen LogP contribution in [0.3, 0.4) is 0 Å². The minimum Gasteiger partial charge on any atom is -0.454 e. The number of esters is 1. The number of carbonyl (C=O) groups is 1. The minimum atomic E-state index is -0.573. The summed E-state index contributed by atoms with van der Waals surface area (Å²) in [5, 5.41) is 2.72. The van der Waals surface area contributed by atoms with E-state index in [0.717, 1.165) is 39.9 Å². The first-order valence-corrected chi connectivity index (χ1v) is 11.0. The normalized spacial score (nSPS) is 17.6. The Morgan fingerprint density at radius 1 is 1.48 bits per heavy atom. The molecule has 142 valence electrons. The molecule has 0 saturated carbocycles. The summed E-state index contributed by atoms with van der Waals surface area (Å²) in [7, 11) is 0. The van der Waals surface area contributed by atoms with Crippen LogP contribution in [0, 0.1) is 5.92 Å². The van der Waals surface area contributed by atoms with Crippen molar-refractivity contribution in [3.8, 4) is 0 Å². The van der Waals surface area contributed by atoms with Crippen molar-refractivity contribution in [1.82, 2.24) is 9.97 Å². The molecule has 4 rings (SSSR count). The summed E-state index contributed by atoms with van der Waals surface area (Å²) < 4.78 is 5.50. The molecule has 0 amide bonds. The van der Waals surface area contributed by atoms with Gasteiger partial charge in [0.2, 0.25) is 0 Å². The summed E-state index contributed by atoms with van der Waals surface area (Å²) in [6.45, 7) is 4.00. The van der Waals surface area contributed by atoms with E-state index in [0.29, 0.717) is 24.6 Å². The topological polar surface area (TPSA) is 72.0 Å². The van der Waals surface area contributed by atoms with Gasteiger partial charge in [0, 0.05) is 9.75 Å². The Labute approximate surface area is 165 Å². The fraction of sp³-hybridized carbons (Fsp3) is 0.450. The molecule has 0 spiro atoms. The number of rotatable bonds is 5. The molecule has 1 N–H and O–H groups in total. The number of hydrogen-bond donors (Lipinski definition) is 1. The molecule has 7 heteroatoms. The van der Waals surface area contributed by atoms with E-state index in [9.17, 15) is 9.59 Å². The number of ether oxygens (including phenoxy) is 1. The van der Waals surface area contributed by atoms with Gasteiger partial charge >= 0.3 is 5.97 Å². The minimum absolute atomic E-state index is 0.122. The maximum atomic E-state index is 12.7. The highest BCUT2D eigenvalue weighted by molar-refractivity contribution is 7.18. The van der Waals surface area contributed by atoms with Gasteiger partial charge in [-0.15, -0.1) is 22.7 Å². The lowest BCUT2D eigenvalue weighted by Gasteiger charge is -2.17. The quantitative estimate of drug-likeness (QED) is 0.642. The number of nitrogens with zero attached hydrogens (tertiary/aromatic N) is 1. The monoisotopic (exact) mass is 402 g/mol. The number of fused-ring (bicyclic) bond motifs is 3. The Morgan fingerprint density at radius 2 is 2.33 bits per heavy atom. The summed E-state index contributed by atoms with van der Waals surface area (Å²) >= 11 is 3.24. The fourth-order valence-electron chi connectivity index (χ4n) is 3.55. The van der Waals surface area contributed by atoms with Gasteiger partial charge in [-0.2, -0.15) is 0 Å². The predicted octanol–water partition coefficient (Wildman–Crippen LogP) is 4.41. The van der Waals surface area contributed by atoms with Crippen molar-refractivity contribution in [2.45, 2.75) is 52.1 Å². The average molecular weight is 403 g/mol. The molecule has 0 aliphatic heterocycles. The highest BCUT2D eigenvalue weighted by Gasteiger charge is 2.24. The molecule has 1 aliphatic carbocycles. The number of nitrogens with one attached hydrogen (secondary N) is 1. The third-order valence-electron chi connectivity index (χ3n) is 5.03. The van der Waals surface area contributed by atoms with E-state index in [4.69, 9.17) is 4.74 Å². The second-order valence-corrected chi connectivity index (χ2v) is 9.31. The van der Waals surface area contributed by atoms with E-state index in [-0.39, 0.29) is 11.5 Å². The predicted molar refractivity (Wildman–Crippen MR) is 109 cm³/mol. The van der Waals surface area contributed by atoms with Crippen molar-refractivity contribution in [3.05, 3.63) is 49.0 Å². The van der Waals surface area contributed by atoms with Crippen molar-refractivity contribution in [2.24, 2.45) is 5.92 Å². The average Bonchev–Trinajstić information content (AvgIpc) is 3.26. The summed E-state index contributed by atoms with van der Waals surface area (Å²) in [6, 6.07) is 3.98. The van der Waals surface area contributed by atoms with Crippen LogP contribution in [0.2, 0.25) is 0 Å². The van der Waals surface area contributed by atoms with Gasteiger partial charge < -0.3 is 9.72 Å². The summed E-state index contributed by atoms with van der Waals surface area (Å²) in [4.78, 5) is 35.4. The number of aromatic nitrogens is 2. The maximum absolute atomic E-state index is 12.7. The van der Waals surface area contributed by atoms with E-state index in [1.165, 1.54) is 4.88 Å². The van der Waals surface area contributed by atoms with Crippen LogP contribution in [0.4, 0.5) is 0 Å². The SMILES string of the molecule is C[C@H]1CCc2c(sc3nc([C@H](C)OC(=O)CCc4cccs4)[nH]c(=O)c23)C1. The molecule has 5 nitrogen and oxygen atoms in total. The molecule has 0 bridgehead atoms. The molecule has 27 heavy (non-hydrogen) atoms. The van der Waals surface area contributed by atoms with Crippen LogP contribution < -0.4 is 5.56 Å². The lowest BCUT2D eigenvalue weighted by molar-refractivity contribution is -0.148. The van der Waals surface area contributed by atoms with Gasteiger partial charge in [0.15, 0.2) is 11.9 Å². The van der Waals surface area contributed by atoms with E-state index in [1.807, 2.05) is 17.5 Å². The molecule has 0 radical (unpaired) electrons. The molecule has 3 aromatic rings. The Hall–Kier alpha value is -1.99. The van der Waals surface area contributed by atoms with Crippen LogP contribution in [-0.2, 0) is 28.8 Å². The smallest absolute Gasteiger partial charge is 0.306 e. The van der Waals surface area contributed by atoms with Gasteiger partial charge in [-0.1, -0.05) is 13.0 Å². The summed E-state index contributed by atoms with van der Waals surface area (Å²) in [5.74, 6) is 0.786. The molecule has 0 fully saturated rings. The lowest BCUT2D eigenvalue weighted by Crippen LogP contribution is -2.18. The van der Waals surface area contributed by atoms with Gasteiger partial charge in [0.1, 0.15) is 4.83 Å².